The summed E-state index contributed by atoms with van der Waals surface area (Å²) in [4.78, 5) is 25.3. The van der Waals surface area contributed by atoms with Crippen LogP contribution in [0.5, 0.6) is 0 Å². The first-order chi connectivity index (χ1) is 7.66. The maximum absolute atomic E-state index is 11.8. The lowest BCUT2D eigenvalue weighted by Crippen LogP contribution is -2.38. The van der Waals surface area contributed by atoms with E-state index in [2.05, 4.69) is 10.3 Å². The Morgan fingerprint density at radius 3 is 2.94 bits per heavy atom. The van der Waals surface area contributed by atoms with Crippen molar-refractivity contribution in [2.75, 3.05) is 0 Å². The Balaban J connectivity index is 2.05. The van der Waals surface area contributed by atoms with Crippen molar-refractivity contribution in [1.82, 2.24) is 10.3 Å². The largest absolute Gasteiger partial charge is 0.348 e. The standard InChI is InChI=1S/C11H13ClN2O2/c12-8-2-1-3-9(8)14-11(16)7-4-5-13-10(15)6-7/h4-6,8-9H,1-3H2,(H,13,15)(H,14,16). The molecule has 1 aliphatic rings. The fourth-order valence-electron chi connectivity index (χ4n) is 1.91. The van der Waals surface area contributed by atoms with Crippen molar-refractivity contribution in [1.29, 1.82) is 0 Å². The van der Waals surface area contributed by atoms with Crippen molar-refractivity contribution in [2.45, 2.75) is 30.7 Å². The Labute approximate surface area is 98.0 Å². The van der Waals surface area contributed by atoms with Crippen molar-refractivity contribution in [2.24, 2.45) is 0 Å². The number of halogens is 1. The Hall–Kier alpha value is -1.29. The third-order valence-corrected chi connectivity index (χ3v) is 3.31. The van der Waals surface area contributed by atoms with Crippen molar-refractivity contribution < 1.29 is 4.79 Å². The number of pyridine rings is 1. The van der Waals surface area contributed by atoms with Crippen LogP contribution in [0.3, 0.4) is 0 Å². The lowest BCUT2D eigenvalue weighted by molar-refractivity contribution is 0.0938. The summed E-state index contributed by atoms with van der Waals surface area (Å²) in [5.74, 6) is -0.233. The molecule has 1 aliphatic carbocycles. The fourth-order valence-corrected chi connectivity index (χ4v) is 2.26. The summed E-state index contributed by atoms with van der Waals surface area (Å²) >= 11 is 6.06. The number of aromatic amines is 1. The minimum Gasteiger partial charge on any atom is -0.348 e. The van der Waals surface area contributed by atoms with Gasteiger partial charge in [-0.25, -0.2) is 0 Å². The molecular formula is C11H13ClN2O2. The van der Waals surface area contributed by atoms with Crippen molar-refractivity contribution in [3.63, 3.8) is 0 Å². The summed E-state index contributed by atoms with van der Waals surface area (Å²) in [6.07, 6.45) is 4.34. The van der Waals surface area contributed by atoms with Gasteiger partial charge in [-0.15, -0.1) is 11.6 Å². The van der Waals surface area contributed by atoms with Crippen LogP contribution in [0, 0.1) is 0 Å². The molecular weight excluding hydrogens is 228 g/mol. The summed E-state index contributed by atoms with van der Waals surface area (Å²) in [6.45, 7) is 0. The van der Waals surface area contributed by atoms with Crippen LogP contribution in [0.2, 0.25) is 0 Å². The van der Waals surface area contributed by atoms with Gasteiger partial charge in [0.05, 0.1) is 5.38 Å². The number of hydrogen-bond acceptors (Lipinski definition) is 2. The monoisotopic (exact) mass is 240 g/mol. The second kappa shape index (κ2) is 4.70. The molecule has 0 bridgehead atoms. The Morgan fingerprint density at radius 2 is 2.31 bits per heavy atom. The lowest BCUT2D eigenvalue weighted by atomic mass is 10.2. The van der Waals surface area contributed by atoms with Crippen molar-refractivity contribution in [3.05, 3.63) is 34.2 Å². The average molecular weight is 241 g/mol. The molecule has 2 rings (SSSR count). The number of carbonyl (C=O) groups excluding carboxylic acids is 1. The summed E-state index contributed by atoms with van der Waals surface area (Å²) in [5.41, 5.74) is 0.0982. The zero-order valence-corrected chi connectivity index (χ0v) is 9.46. The first-order valence-corrected chi connectivity index (χ1v) is 5.74. The van der Waals surface area contributed by atoms with Gasteiger partial charge in [-0.05, 0) is 25.3 Å². The molecule has 5 heteroatoms. The smallest absolute Gasteiger partial charge is 0.251 e. The third kappa shape index (κ3) is 2.44. The number of aromatic nitrogens is 1. The van der Waals surface area contributed by atoms with Crippen LogP contribution in [-0.2, 0) is 0 Å². The van der Waals surface area contributed by atoms with E-state index in [1.807, 2.05) is 0 Å². The number of amides is 1. The van der Waals surface area contributed by atoms with E-state index < -0.39 is 0 Å². The molecule has 2 unspecified atom stereocenters. The number of rotatable bonds is 2. The number of carbonyl (C=O) groups is 1. The van der Waals surface area contributed by atoms with Crippen LogP contribution in [0.1, 0.15) is 29.6 Å². The minimum atomic E-state index is -0.276. The van der Waals surface area contributed by atoms with Crippen LogP contribution >= 0.6 is 11.6 Å². The Bertz CT molecular complexity index is 444. The SMILES string of the molecule is O=C(NC1CCCC1Cl)c1cc[nH]c(=O)c1. The second-order valence-corrected chi connectivity index (χ2v) is 4.53. The Kier molecular flexibility index (Phi) is 3.29. The van der Waals surface area contributed by atoms with E-state index in [-0.39, 0.29) is 22.9 Å². The molecule has 1 saturated carbocycles. The number of H-pyrrole nitrogens is 1. The van der Waals surface area contributed by atoms with Crippen LogP contribution in [0.25, 0.3) is 0 Å². The van der Waals surface area contributed by atoms with E-state index in [1.54, 1.807) is 6.07 Å². The molecule has 2 N–H and O–H groups in total. The van der Waals surface area contributed by atoms with Crippen LogP contribution < -0.4 is 10.9 Å². The van der Waals surface area contributed by atoms with E-state index in [9.17, 15) is 9.59 Å². The molecule has 0 aromatic carbocycles. The molecule has 1 heterocycles. The van der Waals surface area contributed by atoms with Gasteiger partial charge in [0.2, 0.25) is 5.56 Å². The highest BCUT2D eigenvalue weighted by Gasteiger charge is 2.26. The van der Waals surface area contributed by atoms with Gasteiger partial charge in [-0.3, -0.25) is 9.59 Å². The predicted octanol–water partition coefficient (Wildman–Crippen LogP) is 1.26. The van der Waals surface area contributed by atoms with Gasteiger partial charge < -0.3 is 10.3 Å². The zero-order chi connectivity index (χ0) is 11.5. The van der Waals surface area contributed by atoms with Gasteiger partial charge in [0, 0.05) is 23.9 Å². The number of nitrogens with one attached hydrogen (secondary N) is 2. The van der Waals surface area contributed by atoms with Gasteiger partial charge in [0.25, 0.3) is 5.91 Å². The molecule has 1 aromatic rings. The van der Waals surface area contributed by atoms with E-state index in [0.29, 0.717) is 5.56 Å². The third-order valence-electron chi connectivity index (χ3n) is 2.79. The second-order valence-electron chi connectivity index (χ2n) is 3.97. The molecule has 2 atom stereocenters. The van der Waals surface area contributed by atoms with Gasteiger partial charge in [0.15, 0.2) is 0 Å². The van der Waals surface area contributed by atoms with Crippen molar-refractivity contribution >= 4 is 17.5 Å². The number of hydrogen-bond donors (Lipinski definition) is 2. The molecule has 1 amide bonds. The van der Waals surface area contributed by atoms with Gasteiger partial charge in [-0.2, -0.15) is 0 Å². The highest BCUT2D eigenvalue weighted by atomic mass is 35.5. The predicted molar refractivity (Wildman–Crippen MR) is 61.8 cm³/mol. The van der Waals surface area contributed by atoms with E-state index in [1.165, 1.54) is 12.3 Å². The highest BCUT2D eigenvalue weighted by Crippen LogP contribution is 2.24. The normalized spacial score (nSPS) is 24.3. The molecule has 0 radical (unpaired) electrons. The summed E-state index contributed by atoms with van der Waals surface area (Å²) in [6, 6.07) is 2.89. The van der Waals surface area contributed by atoms with Crippen LogP contribution in [-0.4, -0.2) is 22.3 Å². The summed E-state index contributed by atoms with van der Waals surface area (Å²) in [5, 5.41) is 2.85. The first-order valence-electron chi connectivity index (χ1n) is 5.30. The molecule has 1 aromatic heterocycles. The molecule has 0 spiro atoms. The maximum atomic E-state index is 11.8. The first kappa shape index (κ1) is 11.2. The van der Waals surface area contributed by atoms with Gasteiger partial charge in [0.1, 0.15) is 0 Å². The zero-order valence-electron chi connectivity index (χ0n) is 8.70. The summed E-state index contributed by atoms with van der Waals surface area (Å²) < 4.78 is 0. The van der Waals surface area contributed by atoms with Gasteiger partial charge in [-0.1, -0.05) is 0 Å². The van der Waals surface area contributed by atoms with E-state index in [0.717, 1.165) is 19.3 Å². The molecule has 16 heavy (non-hydrogen) atoms. The summed E-state index contributed by atoms with van der Waals surface area (Å²) in [7, 11) is 0. The highest BCUT2D eigenvalue weighted by molar-refractivity contribution is 6.21. The minimum absolute atomic E-state index is 0.00551. The van der Waals surface area contributed by atoms with Crippen molar-refractivity contribution in [3.8, 4) is 0 Å². The maximum Gasteiger partial charge on any atom is 0.251 e. The molecule has 1 fully saturated rings. The quantitative estimate of drug-likeness (QED) is 0.765. The molecule has 4 nitrogen and oxygen atoms in total. The van der Waals surface area contributed by atoms with Gasteiger partial charge >= 0.3 is 0 Å². The fraction of sp³-hybridized carbons (Fsp3) is 0.455. The average Bonchev–Trinajstić information content (AvgIpc) is 2.64. The van der Waals surface area contributed by atoms with Crippen LogP contribution in [0.15, 0.2) is 23.1 Å². The lowest BCUT2D eigenvalue weighted by Gasteiger charge is -2.15. The number of alkyl halides is 1. The molecule has 0 aliphatic heterocycles. The van der Waals surface area contributed by atoms with Crippen LogP contribution in [0.4, 0.5) is 0 Å². The topological polar surface area (TPSA) is 62.0 Å². The van der Waals surface area contributed by atoms with E-state index in [4.69, 9.17) is 11.6 Å². The van der Waals surface area contributed by atoms with E-state index >= 15 is 0 Å². The molecule has 0 saturated heterocycles. The Morgan fingerprint density at radius 1 is 1.50 bits per heavy atom. The molecule has 86 valence electrons.